The van der Waals surface area contributed by atoms with Gasteiger partial charge in [-0.1, -0.05) is 37.3 Å². The zero-order chi connectivity index (χ0) is 15.2. The van der Waals surface area contributed by atoms with E-state index in [0.29, 0.717) is 12.1 Å². The Kier molecular flexibility index (Phi) is 5.80. The molecule has 1 aromatic carbocycles. The van der Waals surface area contributed by atoms with Crippen molar-refractivity contribution in [3.63, 3.8) is 0 Å². The summed E-state index contributed by atoms with van der Waals surface area (Å²) in [7, 11) is 0. The number of likely N-dealkylation sites (N-methyl/N-ethyl adjacent to an activating group) is 1. The van der Waals surface area contributed by atoms with Gasteiger partial charge in [0.05, 0.1) is 5.92 Å². The lowest BCUT2D eigenvalue weighted by molar-refractivity contribution is -0.135. The third-order valence-corrected chi connectivity index (χ3v) is 4.71. The molecule has 1 saturated carbocycles. The summed E-state index contributed by atoms with van der Waals surface area (Å²) in [4.78, 5) is 15.1. The molecule has 0 spiro atoms. The van der Waals surface area contributed by atoms with Crippen LogP contribution in [0.4, 0.5) is 0 Å². The molecular weight excluding hydrogens is 260 g/mol. The highest BCUT2D eigenvalue weighted by Crippen LogP contribution is 2.27. The standard InChI is InChI=1S/C18H28N2O/c1-3-17(14-8-6-5-7-9-14)18(21)20(4-2)16-12-10-15(19)11-13-16/h5-9,15-17H,3-4,10-13,19H2,1-2H3. The molecule has 0 radical (unpaired) electrons. The molecular formula is C18H28N2O. The van der Waals surface area contributed by atoms with Crippen molar-refractivity contribution in [1.82, 2.24) is 4.90 Å². The molecule has 1 aliphatic rings. The summed E-state index contributed by atoms with van der Waals surface area (Å²) in [5.41, 5.74) is 7.12. The first kappa shape index (κ1) is 16.0. The van der Waals surface area contributed by atoms with E-state index in [2.05, 4.69) is 30.9 Å². The van der Waals surface area contributed by atoms with Gasteiger partial charge in [-0.3, -0.25) is 4.79 Å². The summed E-state index contributed by atoms with van der Waals surface area (Å²) in [5.74, 6) is 0.272. The fourth-order valence-corrected chi connectivity index (χ4v) is 3.45. The minimum atomic E-state index is -0.0123. The van der Waals surface area contributed by atoms with Gasteiger partial charge in [0.15, 0.2) is 0 Å². The van der Waals surface area contributed by atoms with Gasteiger partial charge in [0.1, 0.15) is 0 Å². The number of carbonyl (C=O) groups is 1. The average Bonchev–Trinajstić information content (AvgIpc) is 2.52. The molecule has 0 heterocycles. The van der Waals surface area contributed by atoms with Gasteiger partial charge in [0, 0.05) is 18.6 Å². The van der Waals surface area contributed by atoms with E-state index in [-0.39, 0.29) is 11.8 Å². The topological polar surface area (TPSA) is 46.3 Å². The van der Waals surface area contributed by atoms with Crippen LogP contribution in [0, 0.1) is 0 Å². The van der Waals surface area contributed by atoms with Gasteiger partial charge in [-0.15, -0.1) is 0 Å². The highest BCUT2D eigenvalue weighted by molar-refractivity contribution is 5.84. The first-order chi connectivity index (χ1) is 10.2. The summed E-state index contributed by atoms with van der Waals surface area (Å²) < 4.78 is 0. The number of hydrogen-bond acceptors (Lipinski definition) is 2. The number of amides is 1. The van der Waals surface area contributed by atoms with Gasteiger partial charge in [-0.05, 0) is 44.6 Å². The van der Waals surface area contributed by atoms with Crippen LogP contribution in [0.1, 0.15) is 57.4 Å². The number of carbonyl (C=O) groups excluding carboxylic acids is 1. The van der Waals surface area contributed by atoms with E-state index in [1.54, 1.807) is 0 Å². The van der Waals surface area contributed by atoms with Crippen LogP contribution in [0.5, 0.6) is 0 Å². The van der Waals surface area contributed by atoms with Crippen LogP contribution in [0.25, 0.3) is 0 Å². The van der Waals surface area contributed by atoms with Crippen molar-refractivity contribution in [3.05, 3.63) is 35.9 Å². The van der Waals surface area contributed by atoms with Crippen molar-refractivity contribution >= 4 is 5.91 Å². The van der Waals surface area contributed by atoms with E-state index in [0.717, 1.165) is 44.2 Å². The van der Waals surface area contributed by atoms with E-state index in [1.807, 2.05) is 18.2 Å². The molecule has 3 nitrogen and oxygen atoms in total. The third kappa shape index (κ3) is 3.85. The molecule has 0 saturated heterocycles. The zero-order valence-corrected chi connectivity index (χ0v) is 13.3. The van der Waals surface area contributed by atoms with Crippen LogP contribution in [-0.2, 0) is 4.79 Å². The summed E-state index contributed by atoms with van der Waals surface area (Å²) in [6.07, 6.45) is 5.02. The minimum absolute atomic E-state index is 0.0123. The van der Waals surface area contributed by atoms with Gasteiger partial charge >= 0.3 is 0 Å². The van der Waals surface area contributed by atoms with Crippen molar-refractivity contribution in [2.45, 2.75) is 64.0 Å². The predicted octanol–water partition coefficient (Wildman–Crippen LogP) is 3.30. The van der Waals surface area contributed by atoms with E-state index in [9.17, 15) is 4.79 Å². The second kappa shape index (κ2) is 7.60. The summed E-state index contributed by atoms with van der Waals surface area (Å²) in [5, 5.41) is 0. The highest BCUT2D eigenvalue weighted by Gasteiger charge is 2.30. The van der Waals surface area contributed by atoms with Crippen molar-refractivity contribution in [2.24, 2.45) is 5.73 Å². The van der Waals surface area contributed by atoms with E-state index in [1.165, 1.54) is 0 Å². The number of hydrogen-bond donors (Lipinski definition) is 1. The second-order valence-corrected chi connectivity index (χ2v) is 6.06. The monoisotopic (exact) mass is 288 g/mol. The maximum atomic E-state index is 13.0. The average molecular weight is 288 g/mol. The molecule has 2 N–H and O–H groups in total. The van der Waals surface area contributed by atoms with Crippen LogP contribution in [-0.4, -0.2) is 29.4 Å². The molecule has 0 aromatic heterocycles. The highest BCUT2D eigenvalue weighted by atomic mass is 16.2. The maximum absolute atomic E-state index is 13.0. The smallest absolute Gasteiger partial charge is 0.230 e. The lowest BCUT2D eigenvalue weighted by Gasteiger charge is -2.37. The molecule has 1 amide bonds. The Morgan fingerprint density at radius 1 is 1.19 bits per heavy atom. The Morgan fingerprint density at radius 2 is 1.81 bits per heavy atom. The Balaban J connectivity index is 2.11. The molecule has 0 aliphatic heterocycles. The lowest BCUT2D eigenvalue weighted by Crippen LogP contribution is -2.45. The number of benzene rings is 1. The molecule has 1 aromatic rings. The first-order valence-corrected chi connectivity index (χ1v) is 8.28. The molecule has 1 atom stereocenters. The van der Waals surface area contributed by atoms with Gasteiger partial charge in [-0.2, -0.15) is 0 Å². The molecule has 2 rings (SSSR count). The van der Waals surface area contributed by atoms with Crippen molar-refractivity contribution in [2.75, 3.05) is 6.54 Å². The number of rotatable bonds is 5. The number of nitrogens with two attached hydrogens (primary N) is 1. The largest absolute Gasteiger partial charge is 0.339 e. The number of nitrogens with zero attached hydrogens (tertiary/aromatic N) is 1. The third-order valence-electron chi connectivity index (χ3n) is 4.71. The quantitative estimate of drug-likeness (QED) is 0.903. The SMILES string of the molecule is CCC(C(=O)N(CC)C1CCC(N)CC1)c1ccccc1. The molecule has 1 aliphatic carbocycles. The normalized spacial score (nSPS) is 23.6. The van der Waals surface area contributed by atoms with E-state index < -0.39 is 0 Å². The van der Waals surface area contributed by atoms with E-state index >= 15 is 0 Å². The summed E-state index contributed by atoms with van der Waals surface area (Å²) in [6, 6.07) is 10.9. The molecule has 116 valence electrons. The molecule has 1 fully saturated rings. The van der Waals surface area contributed by atoms with Crippen LogP contribution in [0.2, 0.25) is 0 Å². The molecule has 21 heavy (non-hydrogen) atoms. The first-order valence-electron chi connectivity index (χ1n) is 8.28. The summed E-state index contributed by atoms with van der Waals surface area (Å²) in [6.45, 7) is 4.98. The predicted molar refractivity (Wildman–Crippen MR) is 87.1 cm³/mol. The van der Waals surface area contributed by atoms with Crippen LogP contribution in [0.15, 0.2) is 30.3 Å². The van der Waals surface area contributed by atoms with Crippen LogP contribution in [0.3, 0.4) is 0 Å². The second-order valence-electron chi connectivity index (χ2n) is 6.06. The van der Waals surface area contributed by atoms with Crippen molar-refractivity contribution in [3.8, 4) is 0 Å². The maximum Gasteiger partial charge on any atom is 0.230 e. The lowest BCUT2D eigenvalue weighted by atomic mass is 9.88. The Morgan fingerprint density at radius 3 is 2.33 bits per heavy atom. The molecule has 3 heteroatoms. The summed E-state index contributed by atoms with van der Waals surface area (Å²) >= 11 is 0. The minimum Gasteiger partial charge on any atom is -0.339 e. The van der Waals surface area contributed by atoms with Gasteiger partial charge < -0.3 is 10.6 Å². The van der Waals surface area contributed by atoms with Crippen LogP contribution < -0.4 is 5.73 Å². The van der Waals surface area contributed by atoms with Gasteiger partial charge in [0.2, 0.25) is 5.91 Å². The van der Waals surface area contributed by atoms with Crippen molar-refractivity contribution in [1.29, 1.82) is 0 Å². The Hall–Kier alpha value is -1.35. The van der Waals surface area contributed by atoms with Gasteiger partial charge in [0.25, 0.3) is 0 Å². The van der Waals surface area contributed by atoms with Crippen LogP contribution >= 0.6 is 0 Å². The Labute approximate surface area is 128 Å². The molecule has 1 unspecified atom stereocenters. The zero-order valence-electron chi connectivity index (χ0n) is 13.3. The fourth-order valence-electron chi connectivity index (χ4n) is 3.45. The molecule has 0 bridgehead atoms. The Bertz CT molecular complexity index is 438. The fraction of sp³-hybridized carbons (Fsp3) is 0.611. The van der Waals surface area contributed by atoms with Crippen molar-refractivity contribution < 1.29 is 4.79 Å². The van der Waals surface area contributed by atoms with Gasteiger partial charge in [-0.25, -0.2) is 0 Å². The van der Waals surface area contributed by atoms with E-state index in [4.69, 9.17) is 5.73 Å².